The highest BCUT2D eigenvalue weighted by molar-refractivity contribution is 7.07. The molecule has 1 aromatic carbocycles. The molecule has 1 fully saturated rings. The number of halogens is 1. The lowest BCUT2D eigenvalue weighted by Crippen LogP contribution is -2.52. The third kappa shape index (κ3) is 4.36. The van der Waals surface area contributed by atoms with Gasteiger partial charge in [-0.15, -0.1) is 0 Å². The first-order valence-corrected chi connectivity index (χ1v) is 9.48. The van der Waals surface area contributed by atoms with Crippen LogP contribution in [0.25, 0.3) is 0 Å². The van der Waals surface area contributed by atoms with E-state index in [1.165, 1.54) is 5.56 Å². The number of hydrogen-bond donors (Lipinski definition) is 1. The van der Waals surface area contributed by atoms with E-state index < -0.39 is 0 Å². The third-order valence-corrected chi connectivity index (χ3v) is 5.51. The number of nitrogens with one attached hydrogen (secondary N) is 1. The van der Waals surface area contributed by atoms with Crippen molar-refractivity contribution >= 4 is 34.5 Å². The van der Waals surface area contributed by atoms with Gasteiger partial charge < -0.3 is 5.32 Å². The van der Waals surface area contributed by atoms with E-state index >= 15 is 0 Å². The fourth-order valence-electron chi connectivity index (χ4n) is 2.92. The van der Waals surface area contributed by atoms with Crippen molar-refractivity contribution in [2.75, 3.05) is 31.5 Å². The maximum atomic E-state index is 12.5. The smallest absolute Gasteiger partial charge is 0.241 e. The highest BCUT2D eigenvalue weighted by Gasteiger charge is 2.25. The molecular weight excluding hydrogens is 342 g/mol. The lowest BCUT2D eigenvalue weighted by molar-refractivity contribution is -0.121. The van der Waals surface area contributed by atoms with E-state index in [0.717, 1.165) is 32.7 Å². The summed E-state index contributed by atoms with van der Waals surface area (Å²) in [5.41, 5.74) is 2.05. The first-order valence-electron chi connectivity index (χ1n) is 8.16. The maximum Gasteiger partial charge on any atom is 0.241 e. The van der Waals surface area contributed by atoms with Gasteiger partial charge in [0.2, 0.25) is 5.91 Å². The Labute approximate surface area is 152 Å². The minimum absolute atomic E-state index is 0.00520. The van der Waals surface area contributed by atoms with Crippen LogP contribution in [0.5, 0.6) is 0 Å². The number of benzene rings is 1. The zero-order chi connectivity index (χ0) is 16.9. The zero-order valence-corrected chi connectivity index (χ0v) is 15.3. The molecule has 1 atom stereocenters. The number of carbonyl (C=O) groups is 1. The van der Waals surface area contributed by atoms with Crippen LogP contribution in [0, 0.1) is 0 Å². The zero-order valence-electron chi connectivity index (χ0n) is 13.7. The first kappa shape index (κ1) is 17.4. The normalized spacial score (nSPS) is 17.6. The molecule has 4 nitrogen and oxygen atoms in total. The second kappa shape index (κ2) is 8.12. The summed E-state index contributed by atoms with van der Waals surface area (Å²) in [6.07, 6.45) is 0. The molecule has 1 saturated heterocycles. The highest BCUT2D eigenvalue weighted by Crippen LogP contribution is 2.21. The topological polar surface area (TPSA) is 35.6 Å². The van der Waals surface area contributed by atoms with Crippen LogP contribution in [0.15, 0.2) is 41.1 Å². The van der Waals surface area contributed by atoms with Gasteiger partial charge in [0.1, 0.15) is 0 Å². The molecule has 1 N–H and O–H groups in total. The van der Waals surface area contributed by atoms with E-state index in [1.807, 2.05) is 25.1 Å². The Morgan fingerprint density at radius 3 is 2.67 bits per heavy atom. The van der Waals surface area contributed by atoms with Crippen LogP contribution in [0.3, 0.4) is 0 Å². The van der Waals surface area contributed by atoms with Gasteiger partial charge in [-0.3, -0.25) is 14.6 Å². The van der Waals surface area contributed by atoms with Crippen LogP contribution < -0.4 is 5.32 Å². The average molecular weight is 364 g/mol. The van der Waals surface area contributed by atoms with Gasteiger partial charge in [-0.05, 0) is 41.4 Å². The summed E-state index contributed by atoms with van der Waals surface area (Å²) in [4.78, 5) is 17.2. The van der Waals surface area contributed by atoms with Gasteiger partial charge in [0.25, 0.3) is 0 Å². The Balaban J connectivity index is 1.50. The molecule has 0 unspecified atom stereocenters. The van der Waals surface area contributed by atoms with Gasteiger partial charge in [0.05, 0.1) is 16.8 Å². The molecular formula is C18H22ClN3OS. The van der Waals surface area contributed by atoms with Crippen molar-refractivity contribution < 1.29 is 4.79 Å². The van der Waals surface area contributed by atoms with Crippen molar-refractivity contribution in [2.45, 2.75) is 19.5 Å². The SMILES string of the molecule is C[C@@H](C(=O)Nc1ccccc1Cl)N1CCN(Cc2ccsc2)CC1. The quantitative estimate of drug-likeness (QED) is 0.882. The fraction of sp³-hybridized carbons (Fsp3) is 0.389. The molecule has 3 rings (SSSR count). The maximum absolute atomic E-state index is 12.5. The number of carbonyl (C=O) groups excluding carboxylic acids is 1. The van der Waals surface area contributed by atoms with Crippen LogP contribution in [-0.4, -0.2) is 47.9 Å². The molecule has 1 aromatic heterocycles. The van der Waals surface area contributed by atoms with E-state index in [2.05, 4.69) is 31.9 Å². The van der Waals surface area contributed by atoms with E-state index in [-0.39, 0.29) is 11.9 Å². The van der Waals surface area contributed by atoms with E-state index in [4.69, 9.17) is 11.6 Å². The van der Waals surface area contributed by atoms with Crippen LogP contribution in [-0.2, 0) is 11.3 Å². The summed E-state index contributed by atoms with van der Waals surface area (Å²) in [5, 5.41) is 7.82. The predicted molar refractivity (Wildman–Crippen MR) is 101 cm³/mol. The number of rotatable bonds is 5. The Bertz CT molecular complexity index is 669. The van der Waals surface area contributed by atoms with Crippen LogP contribution in [0.1, 0.15) is 12.5 Å². The van der Waals surface area contributed by atoms with Gasteiger partial charge in [0.15, 0.2) is 0 Å². The second-order valence-electron chi connectivity index (χ2n) is 6.09. The Kier molecular flexibility index (Phi) is 5.89. The summed E-state index contributed by atoms with van der Waals surface area (Å²) in [6, 6.07) is 9.35. The lowest BCUT2D eigenvalue weighted by atomic mass is 10.2. The Hall–Kier alpha value is -1.40. The van der Waals surface area contributed by atoms with Gasteiger partial charge in [-0.1, -0.05) is 23.7 Å². The summed E-state index contributed by atoms with van der Waals surface area (Å²) in [5.74, 6) is -0.00520. The summed E-state index contributed by atoms with van der Waals surface area (Å²) in [6.45, 7) is 6.74. The van der Waals surface area contributed by atoms with E-state index in [0.29, 0.717) is 10.7 Å². The number of para-hydroxylation sites is 1. The molecule has 0 spiro atoms. The van der Waals surface area contributed by atoms with Crippen molar-refractivity contribution in [2.24, 2.45) is 0 Å². The van der Waals surface area contributed by atoms with Crippen molar-refractivity contribution in [1.82, 2.24) is 9.80 Å². The standard InChI is InChI=1S/C18H22ClN3OS/c1-14(18(23)20-17-5-3-2-4-16(17)19)22-9-7-21(8-10-22)12-15-6-11-24-13-15/h2-6,11,13-14H,7-10,12H2,1H3,(H,20,23)/t14-/m0/s1. The van der Waals surface area contributed by atoms with Crippen molar-refractivity contribution in [3.8, 4) is 0 Å². The number of anilines is 1. The van der Waals surface area contributed by atoms with Crippen LogP contribution in [0.2, 0.25) is 5.02 Å². The lowest BCUT2D eigenvalue weighted by Gasteiger charge is -2.37. The number of thiophene rings is 1. The summed E-state index contributed by atoms with van der Waals surface area (Å²) >= 11 is 7.85. The Morgan fingerprint density at radius 2 is 2.00 bits per heavy atom. The minimum atomic E-state index is -0.162. The van der Waals surface area contributed by atoms with E-state index in [9.17, 15) is 4.79 Å². The number of piperazine rings is 1. The molecule has 1 amide bonds. The molecule has 0 aliphatic carbocycles. The molecule has 2 aromatic rings. The largest absolute Gasteiger partial charge is 0.323 e. The number of nitrogens with zero attached hydrogens (tertiary/aromatic N) is 2. The summed E-state index contributed by atoms with van der Waals surface area (Å²) in [7, 11) is 0. The van der Waals surface area contributed by atoms with Crippen molar-refractivity contribution in [1.29, 1.82) is 0 Å². The van der Waals surface area contributed by atoms with Gasteiger partial charge in [-0.25, -0.2) is 0 Å². The molecule has 2 heterocycles. The number of hydrogen-bond acceptors (Lipinski definition) is 4. The Morgan fingerprint density at radius 1 is 1.25 bits per heavy atom. The average Bonchev–Trinajstić information content (AvgIpc) is 3.10. The van der Waals surface area contributed by atoms with Gasteiger partial charge in [0, 0.05) is 32.7 Å². The van der Waals surface area contributed by atoms with E-state index in [1.54, 1.807) is 17.4 Å². The predicted octanol–water partition coefficient (Wildman–Crippen LogP) is 3.55. The monoisotopic (exact) mass is 363 g/mol. The molecule has 1 aliphatic heterocycles. The highest BCUT2D eigenvalue weighted by atomic mass is 35.5. The van der Waals surface area contributed by atoms with Crippen molar-refractivity contribution in [3.63, 3.8) is 0 Å². The molecule has 24 heavy (non-hydrogen) atoms. The second-order valence-corrected chi connectivity index (χ2v) is 7.28. The fourth-order valence-corrected chi connectivity index (χ4v) is 3.76. The number of amides is 1. The minimum Gasteiger partial charge on any atom is -0.323 e. The van der Waals surface area contributed by atoms with Gasteiger partial charge >= 0.3 is 0 Å². The first-order chi connectivity index (χ1) is 11.6. The van der Waals surface area contributed by atoms with Crippen molar-refractivity contribution in [3.05, 3.63) is 51.7 Å². The third-order valence-electron chi connectivity index (χ3n) is 4.45. The molecule has 128 valence electrons. The van der Waals surface area contributed by atoms with Crippen LogP contribution >= 0.6 is 22.9 Å². The molecule has 0 bridgehead atoms. The molecule has 1 aliphatic rings. The van der Waals surface area contributed by atoms with Gasteiger partial charge in [-0.2, -0.15) is 11.3 Å². The molecule has 6 heteroatoms. The molecule has 0 radical (unpaired) electrons. The summed E-state index contributed by atoms with van der Waals surface area (Å²) < 4.78 is 0. The van der Waals surface area contributed by atoms with Crippen LogP contribution in [0.4, 0.5) is 5.69 Å². The molecule has 0 saturated carbocycles.